The van der Waals surface area contributed by atoms with Crippen molar-refractivity contribution in [3.63, 3.8) is 0 Å². The van der Waals surface area contributed by atoms with Crippen LogP contribution in [-0.2, 0) is 0 Å². The zero-order valence-electron chi connectivity index (χ0n) is 7.61. The van der Waals surface area contributed by atoms with Gasteiger partial charge in [-0.15, -0.1) is 11.3 Å². The monoisotopic (exact) mass is 235 g/mol. The van der Waals surface area contributed by atoms with E-state index in [-0.39, 0.29) is 5.56 Å². The molecule has 1 aromatic carbocycles. The largest absolute Gasteiger partial charge is 0.206 e. The van der Waals surface area contributed by atoms with Crippen LogP contribution < -0.4 is 0 Å². The number of nitriles is 1. The van der Waals surface area contributed by atoms with Gasteiger partial charge in [-0.05, 0) is 23.6 Å². The van der Waals surface area contributed by atoms with Crippen LogP contribution in [-0.4, -0.2) is 0 Å². The number of benzene rings is 1. The molecule has 4 heteroatoms. The van der Waals surface area contributed by atoms with Crippen molar-refractivity contribution in [2.75, 3.05) is 0 Å². The molecule has 0 saturated heterocycles. The first-order valence-electron chi connectivity index (χ1n) is 4.21. The minimum Gasteiger partial charge on any atom is -0.206 e. The van der Waals surface area contributed by atoms with Gasteiger partial charge in [-0.1, -0.05) is 23.9 Å². The zero-order valence-corrected chi connectivity index (χ0v) is 9.24. The molecule has 0 atom stereocenters. The predicted molar refractivity (Wildman–Crippen MR) is 59.6 cm³/mol. The van der Waals surface area contributed by atoms with Gasteiger partial charge in [-0.25, -0.2) is 4.39 Å². The Morgan fingerprint density at radius 2 is 2.13 bits per heavy atom. The van der Waals surface area contributed by atoms with Crippen molar-refractivity contribution >= 4 is 23.1 Å². The Labute approximate surface area is 95.2 Å². The third-order valence-electron chi connectivity index (χ3n) is 1.79. The molecule has 0 unspecified atom stereocenters. The standard InChI is InChI=1S/C11H6FNS2/c12-9-3-1-4-10(8(9)7-13)15-11-5-2-6-14-11/h1-6H. The Kier molecular flexibility index (Phi) is 3.05. The van der Waals surface area contributed by atoms with Crippen molar-refractivity contribution < 1.29 is 4.39 Å². The van der Waals surface area contributed by atoms with Gasteiger partial charge < -0.3 is 0 Å². The van der Waals surface area contributed by atoms with Gasteiger partial charge in [0.15, 0.2) is 0 Å². The van der Waals surface area contributed by atoms with E-state index in [0.29, 0.717) is 4.90 Å². The van der Waals surface area contributed by atoms with Gasteiger partial charge in [-0.2, -0.15) is 5.26 Å². The van der Waals surface area contributed by atoms with Gasteiger partial charge >= 0.3 is 0 Å². The fourth-order valence-corrected chi connectivity index (χ4v) is 2.96. The molecule has 0 aliphatic heterocycles. The van der Waals surface area contributed by atoms with E-state index < -0.39 is 5.82 Å². The lowest BCUT2D eigenvalue weighted by molar-refractivity contribution is 0.620. The molecule has 15 heavy (non-hydrogen) atoms. The van der Waals surface area contributed by atoms with E-state index in [1.807, 2.05) is 23.6 Å². The van der Waals surface area contributed by atoms with E-state index in [4.69, 9.17) is 5.26 Å². The van der Waals surface area contributed by atoms with Crippen LogP contribution in [0.1, 0.15) is 5.56 Å². The summed E-state index contributed by atoms with van der Waals surface area (Å²) >= 11 is 2.99. The lowest BCUT2D eigenvalue weighted by atomic mass is 10.2. The number of nitrogens with zero attached hydrogens (tertiary/aromatic N) is 1. The molecule has 1 nitrogen and oxygen atoms in total. The summed E-state index contributed by atoms with van der Waals surface area (Å²) in [5.74, 6) is -0.459. The molecule has 0 aliphatic rings. The first-order chi connectivity index (χ1) is 7.31. The summed E-state index contributed by atoms with van der Waals surface area (Å²) in [7, 11) is 0. The third-order valence-corrected chi connectivity index (χ3v) is 3.89. The van der Waals surface area contributed by atoms with Crippen molar-refractivity contribution in [3.05, 3.63) is 47.1 Å². The normalized spacial score (nSPS) is 9.87. The smallest absolute Gasteiger partial charge is 0.142 e. The van der Waals surface area contributed by atoms with E-state index in [9.17, 15) is 4.39 Å². The first kappa shape index (κ1) is 10.2. The molecule has 0 N–H and O–H groups in total. The second kappa shape index (κ2) is 4.47. The average Bonchev–Trinajstić information content (AvgIpc) is 2.71. The summed E-state index contributed by atoms with van der Waals surface area (Å²) in [5, 5.41) is 10.8. The maximum absolute atomic E-state index is 13.2. The van der Waals surface area contributed by atoms with Crippen LogP contribution in [0, 0.1) is 17.1 Å². The zero-order chi connectivity index (χ0) is 10.7. The number of thiophene rings is 1. The van der Waals surface area contributed by atoms with Crippen molar-refractivity contribution in [2.24, 2.45) is 0 Å². The van der Waals surface area contributed by atoms with Gasteiger partial charge in [0.2, 0.25) is 0 Å². The van der Waals surface area contributed by atoms with Crippen LogP contribution in [0.3, 0.4) is 0 Å². The molecule has 2 aromatic rings. The Morgan fingerprint density at radius 3 is 2.80 bits per heavy atom. The number of halogens is 1. The van der Waals surface area contributed by atoms with Crippen LogP contribution in [0.2, 0.25) is 0 Å². The summed E-state index contributed by atoms with van der Waals surface area (Å²) in [6, 6.07) is 10.4. The van der Waals surface area contributed by atoms with Crippen LogP contribution in [0.15, 0.2) is 44.8 Å². The summed E-state index contributed by atoms with van der Waals surface area (Å²) < 4.78 is 14.3. The maximum atomic E-state index is 13.2. The third kappa shape index (κ3) is 2.20. The summed E-state index contributed by atoms with van der Waals surface area (Å²) in [5.41, 5.74) is 0.121. The highest BCUT2D eigenvalue weighted by atomic mass is 32.2. The second-order valence-electron chi connectivity index (χ2n) is 2.76. The molecular formula is C11H6FNS2. The lowest BCUT2D eigenvalue weighted by Crippen LogP contribution is -1.85. The molecule has 0 spiro atoms. The Hall–Kier alpha value is -1.31. The summed E-state index contributed by atoms with van der Waals surface area (Å²) in [6.07, 6.45) is 0. The van der Waals surface area contributed by atoms with Gasteiger partial charge in [0.05, 0.1) is 4.21 Å². The van der Waals surface area contributed by atoms with E-state index in [1.54, 1.807) is 23.5 Å². The summed E-state index contributed by atoms with van der Waals surface area (Å²) in [4.78, 5) is 0.667. The average molecular weight is 235 g/mol. The fraction of sp³-hybridized carbons (Fsp3) is 0. The number of hydrogen-bond donors (Lipinski definition) is 0. The quantitative estimate of drug-likeness (QED) is 0.788. The molecule has 0 bridgehead atoms. The number of rotatable bonds is 2. The molecule has 0 aliphatic carbocycles. The van der Waals surface area contributed by atoms with E-state index in [1.165, 1.54) is 17.8 Å². The maximum Gasteiger partial charge on any atom is 0.142 e. The van der Waals surface area contributed by atoms with Crippen LogP contribution in [0.25, 0.3) is 0 Å². The SMILES string of the molecule is N#Cc1c(F)cccc1Sc1cccs1. The Morgan fingerprint density at radius 1 is 1.27 bits per heavy atom. The second-order valence-corrected chi connectivity index (χ2v) is 5.05. The van der Waals surface area contributed by atoms with Gasteiger partial charge in [0.25, 0.3) is 0 Å². The molecule has 74 valence electrons. The molecule has 1 heterocycles. The fourth-order valence-electron chi connectivity index (χ4n) is 1.13. The van der Waals surface area contributed by atoms with E-state index >= 15 is 0 Å². The van der Waals surface area contributed by atoms with Crippen LogP contribution in [0.5, 0.6) is 0 Å². The van der Waals surface area contributed by atoms with Gasteiger partial charge in [-0.3, -0.25) is 0 Å². The minimum absolute atomic E-state index is 0.121. The highest BCUT2D eigenvalue weighted by molar-refractivity contribution is 8.01. The Bertz CT molecular complexity index is 500. The topological polar surface area (TPSA) is 23.8 Å². The molecule has 0 saturated carbocycles. The van der Waals surface area contributed by atoms with E-state index in [0.717, 1.165) is 4.21 Å². The van der Waals surface area contributed by atoms with Gasteiger partial charge in [0.1, 0.15) is 17.4 Å². The molecule has 0 fully saturated rings. The molecule has 0 radical (unpaired) electrons. The van der Waals surface area contributed by atoms with Gasteiger partial charge in [0, 0.05) is 4.90 Å². The highest BCUT2D eigenvalue weighted by Gasteiger charge is 2.09. The summed E-state index contributed by atoms with van der Waals surface area (Å²) in [6.45, 7) is 0. The van der Waals surface area contributed by atoms with E-state index in [2.05, 4.69) is 0 Å². The lowest BCUT2D eigenvalue weighted by Gasteiger charge is -2.01. The molecule has 1 aromatic heterocycles. The minimum atomic E-state index is -0.459. The highest BCUT2D eigenvalue weighted by Crippen LogP contribution is 2.33. The first-order valence-corrected chi connectivity index (χ1v) is 5.91. The molecular weight excluding hydrogens is 229 g/mol. The molecule has 2 rings (SSSR count). The van der Waals surface area contributed by atoms with Crippen molar-refractivity contribution in [3.8, 4) is 6.07 Å². The van der Waals surface area contributed by atoms with Crippen molar-refractivity contribution in [2.45, 2.75) is 9.10 Å². The molecule has 0 amide bonds. The van der Waals surface area contributed by atoms with Crippen molar-refractivity contribution in [1.82, 2.24) is 0 Å². The van der Waals surface area contributed by atoms with Crippen LogP contribution >= 0.6 is 23.1 Å². The predicted octanol–water partition coefficient (Wildman–Crippen LogP) is 3.91. The number of hydrogen-bond acceptors (Lipinski definition) is 3. The van der Waals surface area contributed by atoms with Crippen LogP contribution in [0.4, 0.5) is 4.39 Å². The Balaban J connectivity index is 2.37. The van der Waals surface area contributed by atoms with Crippen molar-refractivity contribution in [1.29, 1.82) is 5.26 Å².